The lowest BCUT2D eigenvalue weighted by Crippen LogP contribution is -2.28. The number of thioether (sulfide) groups is 1. The van der Waals surface area contributed by atoms with E-state index in [1.807, 2.05) is 97.1 Å². The molecule has 1 amide bonds. The van der Waals surface area contributed by atoms with Crippen LogP contribution in [0.25, 0.3) is 6.08 Å². The Morgan fingerprint density at radius 3 is 2.33 bits per heavy atom. The van der Waals surface area contributed by atoms with Crippen LogP contribution < -0.4 is 9.64 Å². The summed E-state index contributed by atoms with van der Waals surface area (Å²) in [7, 11) is 0. The van der Waals surface area contributed by atoms with E-state index in [1.165, 1.54) is 11.8 Å². The molecule has 1 saturated heterocycles. The van der Waals surface area contributed by atoms with E-state index in [0.717, 1.165) is 22.5 Å². The van der Waals surface area contributed by atoms with E-state index in [9.17, 15) is 4.79 Å². The van der Waals surface area contributed by atoms with E-state index in [2.05, 4.69) is 0 Å². The summed E-state index contributed by atoms with van der Waals surface area (Å²) in [4.78, 5) is 20.4. The van der Waals surface area contributed by atoms with E-state index in [1.54, 1.807) is 17.0 Å². The first kappa shape index (κ1) is 24.2. The zero-order valence-electron chi connectivity index (χ0n) is 19.0. The zero-order chi connectivity index (χ0) is 24.9. The van der Waals surface area contributed by atoms with Crippen molar-refractivity contribution in [3.8, 4) is 5.75 Å². The molecule has 4 aromatic carbocycles. The number of para-hydroxylation sites is 2. The first-order valence-electron chi connectivity index (χ1n) is 11.2. The number of benzene rings is 4. The molecule has 0 radical (unpaired) electrons. The molecular weight excluding hydrogens is 511 g/mol. The quantitative estimate of drug-likeness (QED) is 0.235. The number of aliphatic imine (C=N–C) groups is 1. The van der Waals surface area contributed by atoms with Crippen molar-refractivity contribution in [2.24, 2.45) is 4.99 Å². The second-order valence-corrected chi connectivity index (χ2v) is 9.78. The van der Waals surface area contributed by atoms with Gasteiger partial charge < -0.3 is 4.74 Å². The summed E-state index contributed by atoms with van der Waals surface area (Å²) >= 11 is 13.9. The third-order valence-corrected chi connectivity index (χ3v) is 6.84. The van der Waals surface area contributed by atoms with Gasteiger partial charge in [0.2, 0.25) is 0 Å². The fourth-order valence-corrected chi connectivity index (χ4v) is 5.09. The van der Waals surface area contributed by atoms with E-state index < -0.39 is 0 Å². The first-order chi connectivity index (χ1) is 17.6. The Labute approximate surface area is 223 Å². The van der Waals surface area contributed by atoms with Crippen molar-refractivity contribution in [2.45, 2.75) is 6.61 Å². The largest absolute Gasteiger partial charge is 0.487 e. The summed E-state index contributed by atoms with van der Waals surface area (Å²) in [6, 6.07) is 32.0. The molecule has 0 atom stereocenters. The van der Waals surface area contributed by atoms with Gasteiger partial charge in [0, 0.05) is 5.02 Å². The van der Waals surface area contributed by atoms with Crippen LogP contribution in [0.2, 0.25) is 10.0 Å². The van der Waals surface area contributed by atoms with Crippen molar-refractivity contribution < 1.29 is 9.53 Å². The number of hydrogen-bond acceptors (Lipinski definition) is 4. The number of nitrogens with zero attached hydrogens (tertiary/aromatic N) is 2. The SMILES string of the molecule is O=C1/C(=C\c2ccc(OCc3cccc(Cl)c3)c(Cl)c2)SC(=Nc2ccccc2)N1c1ccccc1. The van der Waals surface area contributed by atoms with Gasteiger partial charge in [-0.2, -0.15) is 0 Å². The Morgan fingerprint density at radius 2 is 1.61 bits per heavy atom. The van der Waals surface area contributed by atoms with Gasteiger partial charge >= 0.3 is 0 Å². The summed E-state index contributed by atoms with van der Waals surface area (Å²) in [6.45, 7) is 0.348. The fourth-order valence-electron chi connectivity index (χ4n) is 3.63. The number of rotatable bonds is 6. The van der Waals surface area contributed by atoms with Crippen LogP contribution in [0.1, 0.15) is 11.1 Å². The number of carbonyl (C=O) groups excluding carboxylic acids is 1. The van der Waals surface area contributed by atoms with Crippen LogP contribution in [0.15, 0.2) is 113 Å². The molecule has 36 heavy (non-hydrogen) atoms. The molecule has 0 bridgehead atoms. The number of amides is 1. The van der Waals surface area contributed by atoms with E-state index in [4.69, 9.17) is 32.9 Å². The maximum Gasteiger partial charge on any atom is 0.271 e. The number of amidine groups is 1. The van der Waals surface area contributed by atoms with Crippen molar-refractivity contribution in [2.75, 3.05) is 4.90 Å². The van der Waals surface area contributed by atoms with Crippen LogP contribution in [0.4, 0.5) is 11.4 Å². The molecule has 0 aliphatic carbocycles. The highest BCUT2D eigenvalue weighted by Crippen LogP contribution is 2.38. The molecule has 5 rings (SSSR count). The number of halogens is 2. The van der Waals surface area contributed by atoms with E-state index in [0.29, 0.717) is 32.5 Å². The van der Waals surface area contributed by atoms with Gasteiger partial charge in [0.15, 0.2) is 5.17 Å². The average molecular weight is 531 g/mol. The molecule has 0 N–H and O–H groups in total. The summed E-state index contributed by atoms with van der Waals surface area (Å²) in [5.74, 6) is 0.416. The molecule has 7 heteroatoms. The third-order valence-electron chi connectivity index (χ3n) is 5.34. The molecule has 178 valence electrons. The first-order valence-corrected chi connectivity index (χ1v) is 12.7. The van der Waals surface area contributed by atoms with Crippen molar-refractivity contribution in [1.82, 2.24) is 0 Å². The van der Waals surface area contributed by atoms with Crippen molar-refractivity contribution in [3.63, 3.8) is 0 Å². The van der Waals surface area contributed by atoms with Crippen LogP contribution in [0, 0.1) is 0 Å². The number of ether oxygens (including phenoxy) is 1. The summed E-state index contributed by atoms with van der Waals surface area (Å²) < 4.78 is 5.87. The van der Waals surface area contributed by atoms with E-state index >= 15 is 0 Å². The van der Waals surface area contributed by atoms with Crippen LogP contribution in [-0.4, -0.2) is 11.1 Å². The molecule has 0 aromatic heterocycles. The molecule has 0 unspecified atom stereocenters. The highest BCUT2D eigenvalue weighted by molar-refractivity contribution is 8.19. The minimum absolute atomic E-state index is 0.140. The predicted octanol–water partition coefficient (Wildman–Crippen LogP) is 8.38. The minimum Gasteiger partial charge on any atom is -0.487 e. The number of carbonyl (C=O) groups is 1. The Balaban J connectivity index is 1.40. The lowest BCUT2D eigenvalue weighted by Gasteiger charge is -2.15. The predicted molar refractivity (Wildman–Crippen MR) is 150 cm³/mol. The van der Waals surface area contributed by atoms with Gasteiger partial charge in [0.05, 0.1) is 21.3 Å². The molecular formula is C29H20Cl2N2O2S. The van der Waals surface area contributed by atoms with Gasteiger partial charge in [-0.15, -0.1) is 0 Å². The number of hydrogen-bond donors (Lipinski definition) is 0. The minimum atomic E-state index is -0.140. The fraction of sp³-hybridized carbons (Fsp3) is 0.0345. The van der Waals surface area contributed by atoms with Crippen LogP contribution >= 0.6 is 35.0 Å². The summed E-state index contributed by atoms with van der Waals surface area (Å²) in [5.41, 5.74) is 3.28. The second-order valence-electron chi connectivity index (χ2n) is 7.93. The Bertz CT molecular complexity index is 1460. The zero-order valence-corrected chi connectivity index (χ0v) is 21.3. The van der Waals surface area contributed by atoms with Gasteiger partial charge in [-0.1, -0.05) is 77.8 Å². The molecule has 0 saturated carbocycles. The van der Waals surface area contributed by atoms with Gasteiger partial charge in [-0.25, -0.2) is 4.99 Å². The molecule has 1 aliphatic heterocycles. The smallest absolute Gasteiger partial charge is 0.271 e. The monoisotopic (exact) mass is 530 g/mol. The van der Waals surface area contributed by atoms with Crippen molar-refractivity contribution in [3.05, 3.63) is 129 Å². The standard InChI is InChI=1S/C29H20Cl2N2O2S/c30-22-9-7-8-21(16-22)19-35-26-15-14-20(17-25(26)31)18-27-28(34)33(24-12-5-2-6-13-24)29(36-27)32-23-10-3-1-4-11-23/h1-18H,19H2/b27-18+,32-29?. The lowest BCUT2D eigenvalue weighted by atomic mass is 10.2. The Kier molecular flexibility index (Phi) is 7.42. The molecule has 4 aromatic rings. The average Bonchev–Trinajstić information content (AvgIpc) is 3.18. The van der Waals surface area contributed by atoms with Gasteiger partial charge in [0.1, 0.15) is 12.4 Å². The van der Waals surface area contributed by atoms with Gasteiger partial charge in [0.25, 0.3) is 5.91 Å². The molecule has 0 spiro atoms. The van der Waals surface area contributed by atoms with E-state index in [-0.39, 0.29) is 5.91 Å². The topological polar surface area (TPSA) is 41.9 Å². The maximum atomic E-state index is 13.4. The summed E-state index contributed by atoms with van der Waals surface area (Å²) in [6.07, 6.45) is 1.82. The van der Waals surface area contributed by atoms with Crippen molar-refractivity contribution in [1.29, 1.82) is 0 Å². The normalized spacial score (nSPS) is 15.6. The molecule has 1 aliphatic rings. The highest BCUT2D eigenvalue weighted by atomic mass is 35.5. The van der Waals surface area contributed by atoms with Gasteiger partial charge in [-0.3, -0.25) is 9.69 Å². The molecule has 1 fully saturated rings. The third kappa shape index (κ3) is 5.65. The molecule has 1 heterocycles. The Hall–Kier alpha value is -3.51. The number of anilines is 1. The van der Waals surface area contributed by atoms with Crippen LogP contribution in [0.5, 0.6) is 5.75 Å². The maximum absolute atomic E-state index is 13.4. The van der Waals surface area contributed by atoms with Crippen molar-refractivity contribution >= 4 is 63.5 Å². The highest BCUT2D eigenvalue weighted by Gasteiger charge is 2.34. The van der Waals surface area contributed by atoms with Crippen LogP contribution in [0.3, 0.4) is 0 Å². The lowest BCUT2D eigenvalue weighted by molar-refractivity contribution is -0.113. The molecule has 4 nitrogen and oxygen atoms in total. The second kappa shape index (κ2) is 11.0. The summed E-state index contributed by atoms with van der Waals surface area (Å²) in [5, 5.41) is 1.71. The van der Waals surface area contributed by atoms with Crippen LogP contribution in [-0.2, 0) is 11.4 Å². The van der Waals surface area contributed by atoms with Gasteiger partial charge in [-0.05, 0) is 77.5 Å². The Morgan fingerprint density at radius 1 is 0.861 bits per heavy atom.